The smallest absolute Gasteiger partial charge is 0.272 e. The first-order chi connectivity index (χ1) is 13.5. The summed E-state index contributed by atoms with van der Waals surface area (Å²) >= 11 is 0. The zero-order valence-corrected chi connectivity index (χ0v) is 15.7. The summed E-state index contributed by atoms with van der Waals surface area (Å²) in [5.41, 5.74) is 5.01. The lowest BCUT2D eigenvalue weighted by Gasteiger charge is -2.26. The van der Waals surface area contributed by atoms with Gasteiger partial charge in [-0.05, 0) is 47.4 Å². The lowest BCUT2D eigenvalue weighted by atomic mass is 9.96. The van der Waals surface area contributed by atoms with Gasteiger partial charge in [0.1, 0.15) is 5.71 Å². The second-order valence-electron chi connectivity index (χ2n) is 6.39. The van der Waals surface area contributed by atoms with E-state index in [4.69, 9.17) is 0 Å². The Bertz CT molecular complexity index is 981. The Hall–Kier alpha value is -3.61. The molecular formula is C21H21N5O2. The fourth-order valence-electron chi connectivity index (χ4n) is 3.11. The Kier molecular flexibility index (Phi) is 5.74. The maximum Gasteiger partial charge on any atom is 0.272 e. The fraction of sp³-hybridized carbons (Fsp3) is 0.190. The van der Waals surface area contributed by atoms with Gasteiger partial charge < -0.3 is 10.2 Å². The predicted molar refractivity (Wildman–Crippen MR) is 110 cm³/mol. The van der Waals surface area contributed by atoms with Crippen LogP contribution in [0.25, 0.3) is 11.1 Å². The zero-order chi connectivity index (χ0) is 20.1. The quantitative estimate of drug-likeness (QED) is 0.622. The maximum atomic E-state index is 12.1. The number of hydrogen-bond acceptors (Lipinski definition) is 5. The van der Waals surface area contributed by atoms with Crippen molar-refractivity contribution in [3.05, 3.63) is 60.4 Å². The van der Waals surface area contributed by atoms with Crippen LogP contribution in [0.2, 0.25) is 0 Å². The van der Waals surface area contributed by atoms with Gasteiger partial charge in [-0.3, -0.25) is 14.6 Å². The van der Waals surface area contributed by atoms with Crippen LogP contribution in [0.15, 0.2) is 59.5 Å². The maximum absolute atomic E-state index is 12.1. The molecule has 1 aromatic heterocycles. The summed E-state index contributed by atoms with van der Waals surface area (Å²) in [4.78, 5) is 29.9. The van der Waals surface area contributed by atoms with E-state index in [-0.39, 0.29) is 17.5 Å². The fourth-order valence-corrected chi connectivity index (χ4v) is 3.11. The van der Waals surface area contributed by atoms with Crippen molar-refractivity contribution in [3.63, 3.8) is 0 Å². The van der Waals surface area contributed by atoms with E-state index in [9.17, 15) is 9.59 Å². The van der Waals surface area contributed by atoms with E-state index >= 15 is 0 Å². The molecule has 0 aliphatic carbocycles. The van der Waals surface area contributed by atoms with Gasteiger partial charge in [-0.1, -0.05) is 12.6 Å². The number of carbonyl (C=O) groups excluding carboxylic acids is 2. The molecule has 142 valence electrons. The number of hydrogen-bond donors (Lipinski definition) is 1. The molecule has 28 heavy (non-hydrogen) atoms. The molecule has 1 N–H and O–H groups in total. The van der Waals surface area contributed by atoms with Gasteiger partial charge in [0.05, 0.1) is 0 Å². The largest absolute Gasteiger partial charge is 0.347 e. The summed E-state index contributed by atoms with van der Waals surface area (Å²) in [7, 11) is 1.80. The number of rotatable bonds is 6. The Labute approximate surface area is 163 Å². The standard InChI is InChI=1S/C21H21N5O2/c1-4-18(25-22-2)21(28)24-12-14-9-17(13-23-11-14)15-5-7-19-16(10-15)6-8-20(27)26(19)3/h4-5,7,9-11,13H,1-2,6,8,12H2,3H3,(H,24,28)/b25-18+. The Balaban J connectivity index is 1.78. The minimum absolute atomic E-state index is 0.104. The van der Waals surface area contributed by atoms with Crippen LogP contribution in [0.4, 0.5) is 5.69 Å². The highest BCUT2D eigenvalue weighted by atomic mass is 16.2. The number of pyridine rings is 1. The number of anilines is 1. The molecule has 7 nitrogen and oxygen atoms in total. The van der Waals surface area contributed by atoms with Gasteiger partial charge in [-0.15, -0.1) is 5.10 Å². The third kappa shape index (κ3) is 4.03. The number of nitrogens with zero attached hydrogens (tertiary/aromatic N) is 4. The summed E-state index contributed by atoms with van der Waals surface area (Å²) in [6.07, 6.45) is 6.06. The molecule has 0 radical (unpaired) electrons. The molecule has 2 heterocycles. The first-order valence-electron chi connectivity index (χ1n) is 8.81. The topological polar surface area (TPSA) is 87.0 Å². The second-order valence-corrected chi connectivity index (χ2v) is 6.39. The second kappa shape index (κ2) is 8.39. The van der Waals surface area contributed by atoms with E-state index in [1.165, 1.54) is 6.08 Å². The van der Waals surface area contributed by atoms with Gasteiger partial charge in [0, 0.05) is 50.4 Å². The lowest BCUT2D eigenvalue weighted by molar-refractivity contribution is -0.118. The molecule has 7 heteroatoms. The zero-order valence-electron chi connectivity index (χ0n) is 15.7. The van der Waals surface area contributed by atoms with Crippen molar-refractivity contribution in [1.29, 1.82) is 0 Å². The third-order valence-corrected chi connectivity index (χ3v) is 4.61. The van der Waals surface area contributed by atoms with E-state index in [1.807, 2.05) is 18.2 Å². The van der Waals surface area contributed by atoms with Gasteiger partial charge in [0.15, 0.2) is 0 Å². The van der Waals surface area contributed by atoms with Gasteiger partial charge in [-0.25, -0.2) is 0 Å². The summed E-state index contributed by atoms with van der Waals surface area (Å²) < 4.78 is 0. The Morgan fingerprint density at radius 1 is 1.29 bits per heavy atom. The van der Waals surface area contributed by atoms with Crippen LogP contribution >= 0.6 is 0 Å². The molecule has 0 atom stereocenters. The van der Waals surface area contributed by atoms with Crippen LogP contribution in [0.3, 0.4) is 0 Å². The minimum Gasteiger partial charge on any atom is -0.347 e. The normalized spacial score (nSPS) is 13.7. The highest BCUT2D eigenvalue weighted by Crippen LogP contribution is 2.31. The van der Waals surface area contributed by atoms with Crippen molar-refractivity contribution in [2.75, 3.05) is 11.9 Å². The van der Waals surface area contributed by atoms with Gasteiger partial charge >= 0.3 is 0 Å². The number of fused-ring (bicyclic) bond motifs is 1. The van der Waals surface area contributed by atoms with Crippen LogP contribution in [0.5, 0.6) is 0 Å². The number of benzene rings is 1. The van der Waals surface area contributed by atoms with Crippen molar-refractivity contribution in [3.8, 4) is 11.1 Å². The Morgan fingerprint density at radius 3 is 2.86 bits per heavy atom. The van der Waals surface area contributed by atoms with Crippen LogP contribution in [-0.2, 0) is 22.6 Å². The van der Waals surface area contributed by atoms with Gasteiger partial charge in [-0.2, -0.15) is 5.10 Å². The average Bonchev–Trinajstić information content (AvgIpc) is 2.73. The van der Waals surface area contributed by atoms with Gasteiger partial charge in [0.2, 0.25) is 5.91 Å². The molecule has 2 aromatic rings. The number of aromatic nitrogens is 1. The predicted octanol–water partition coefficient (Wildman–Crippen LogP) is 2.52. The molecule has 0 saturated heterocycles. The molecule has 2 amide bonds. The molecule has 1 aliphatic rings. The number of aryl methyl sites for hydroxylation is 1. The van der Waals surface area contributed by atoms with Crippen molar-refractivity contribution in [2.24, 2.45) is 10.2 Å². The SMILES string of the molecule is C=C/C(=N\N=C)C(=O)NCc1cncc(-c2ccc3c(c2)CCC(=O)N3C)c1. The van der Waals surface area contributed by atoms with Crippen molar-refractivity contribution >= 4 is 29.9 Å². The molecule has 0 bridgehead atoms. The molecule has 1 aromatic carbocycles. The lowest BCUT2D eigenvalue weighted by Crippen LogP contribution is -2.31. The summed E-state index contributed by atoms with van der Waals surface area (Å²) in [5.74, 6) is -0.247. The van der Waals surface area contributed by atoms with E-state index in [1.54, 1.807) is 24.3 Å². The van der Waals surface area contributed by atoms with Crippen LogP contribution in [-0.4, -0.2) is 36.3 Å². The van der Waals surface area contributed by atoms with E-state index in [0.717, 1.165) is 34.4 Å². The summed E-state index contributed by atoms with van der Waals surface area (Å²) in [6, 6.07) is 8.01. The van der Waals surface area contributed by atoms with E-state index in [2.05, 4.69) is 39.9 Å². The molecule has 0 saturated carbocycles. The van der Waals surface area contributed by atoms with Crippen LogP contribution in [0.1, 0.15) is 17.5 Å². The number of carbonyl (C=O) groups is 2. The van der Waals surface area contributed by atoms with Crippen molar-refractivity contribution in [2.45, 2.75) is 19.4 Å². The molecule has 3 rings (SSSR count). The number of amides is 2. The van der Waals surface area contributed by atoms with Crippen molar-refractivity contribution in [1.82, 2.24) is 10.3 Å². The molecule has 0 unspecified atom stereocenters. The summed E-state index contributed by atoms with van der Waals surface area (Å²) in [5, 5.41) is 9.74. The van der Waals surface area contributed by atoms with E-state index in [0.29, 0.717) is 13.0 Å². The number of nitrogens with one attached hydrogen (secondary N) is 1. The average molecular weight is 375 g/mol. The Morgan fingerprint density at radius 2 is 2.11 bits per heavy atom. The monoisotopic (exact) mass is 375 g/mol. The van der Waals surface area contributed by atoms with Crippen molar-refractivity contribution < 1.29 is 9.59 Å². The molecular weight excluding hydrogens is 354 g/mol. The first kappa shape index (κ1) is 19.2. The molecule has 0 spiro atoms. The molecule has 1 aliphatic heterocycles. The summed E-state index contributed by atoms with van der Waals surface area (Å²) in [6.45, 7) is 7.07. The molecule has 0 fully saturated rings. The van der Waals surface area contributed by atoms with Crippen LogP contribution < -0.4 is 10.2 Å². The van der Waals surface area contributed by atoms with Gasteiger partial charge in [0.25, 0.3) is 5.91 Å². The highest BCUT2D eigenvalue weighted by Gasteiger charge is 2.21. The first-order valence-corrected chi connectivity index (χ1v) is 8.81. The van der Waals surface area contributed by atoms with E-state index < -0.39 is 0 Å². The van der Waals surface area contributed by atoms with Crippen LogP contribution in [0, 0.1) is 0 Å². The minimum atomic E-state index is -0.380. The highest BCUT2D eigenvalue weighted by molar-refractivity contribution is 6.43. The third-order valence-electron chi connectivity index (χ3n) is 4.61.